The predicted octanol–water partition coefficient (Wildman–Crippen LogP) is 4.20. The first-order valence-corrected chi connectivity index (χ1v) is 9.12. The lowest BCUT2D eigenvalue weighted by Crippen LogP contribution is -2.44. The highest BCUT2D eigenvalue weighted by atomic mass is 35.5. The van der Waals surface area contributed by atoms with Crippen LogP contribution in [-0.4, -0.2) is 41.8 Å². The fourth-order valence-corrected chi connectivity index (χ4v) is 3.35. The molecule has 1 amide bonds. The molecule has 0 spiro atoms. The van der Waals surface area contributed by atoms with Gasteiger partial charge in [0.2, 0.25) is 0 Å². The molecule has 0 aromatic heterocycles. The maximum Gasteiger partial charge on any atom is 0.407 e. The summed E-state index contributed by atoms with van der Waals surface area (Å²) in [7, 11) is 0. The minimum atomic E-state index is -0.949. The number of hydrogen-bond acceptors (Lipinski definition) is 3. The molecule has 26 heavy (non-hydrogen) atoms. The minimum Gasteiger partial charge on any atom is -0.465 e. The molecule has 0 aliphatic carbocycles. The van der Waals surface area contributed by atoms with Crippen LogP contribution in [0.25, 0.3) is 0 Å². The standard InChI is InChI=1S/C19H20Cl2N2O3/c20-15-7-6-14(10-16(15)21)18-17(12-23(19(24)25)8-9-26-18)22-11-13-4-2-1-3-5-13/h1-7,10,17-18,22H,8-9,11-12H2,(H,24,25)/t17-,18+/m1/s1. The Labute approximate surface area is 162 Å². The first-order chi connectivity index (χ1) is 12.5. The van der Waals surface area contributed by atoms with E-state index in [0.29, 0.717) is 36.3 Å². The Balaban J connectivity index is 1.83. The maximum atomic E-state index is 11.5. The van der Waals surface area contributed by atoms with E-state index in [9.17, 15) is 9.90 Å². The van der Waals surface area contributed by atoms with Crippen molar-refractivity contribution in [3.63, 3.8) is 0 Å². The molecule has 0 radical (unpaired) electrons. The quantitative estimate of drug-likeness (QED) is 0.815. The van der Waals surface area contributed by atoms with E-state index in [1.165, 1.54) is 4.90 Å². The zero-order chi connectivity index (χ0) is 18.5. The lowest BCUT2D eigenvalue weighted by molar-refractivity contribution is 0.0430. The summed E-state index contributed by atoms with van der Waals surface area (Å²) in [5.41, 5.74) is 1.99. The Morgan fingerprint density at radius 3 is 2.65 bits per heavy atom. The van der Waals surface area contributed by atoms with Crippen molar-refractivity contribution in [3.8, 4) is 0 Å². The van der Waals surface area contributed by atoms with Gasteiger partial charge in [0.05, 0.1) is 28.8 Å². The van der Waals surface area contributed by atoms with Crippen molar-refractivity contribution in [2.24, 2.45) is 0 Å². The molecule has 138 valence electrons. The molecule has 0 unspecified atom stereocenters. The number of nitrogens with one attached hydrogen (secondary N) is 1. The molecule has 1 saturated heterocycles. The summed E-state index contributed by atoms with van der Waals surface area (Å²) in [6.07, 6.45) is -1.27. The van der Waals surface area contributed by atoms with E-state index in [-0.39, 0.29) is 12.1 Å². The van der Waals surface area contributed by atoms with Crippen molar-refractivity contribution in [1.29, 1.82) is 0 Å². The number of hydrogen-bond donors (Lipinski definition) is 2. The van der Waals surface area contributed by atoms with Crippen molar-refractivity contribution >= 4 is 29.3 Å². The van der Waals surface area contributed by atoms with E-state index in [0.717, 1.165) is 11.1 Å². The largest absolute Gasteiger partial charge is 0.465 e. The zero-order valence-electron chi connectivity index (χ0n) is 14.1. The van der Waals surface area contributed by atoms with Gasteiger partial charge in [0, 0.05) is 19.6 Å². The normalized spacial score (nSPS) is 20.6. The number of amides is 1. The smallest absolute Gasteiger partial charge is 0.407 e. The Morgan fingerprint density at radius 1 is 1.19 bits per heavy atom. The van der Waals surface area contributed by atoms with Crippen LogP contribution in [0.4, 0.5) is 4.79 Å². The third kappa shape index (κ3) is 4.68. The fraction of sp³-hybridized carbons (Fsp3) is 0.316. The molecule has 2 atom stereocenters. The highest BCUT2D eigenvalue weighted by Crippen LogP contribution is 2.30. The summed E-state index contributed by atoms with van der Waals surface area (Å²) in [6.45, 7) is 1.59. The van der Waals surface area contributed by atoms with Crippen LogP contribution in [0.2, 0.25) is 10.0 Å². The number of halogens is 2. The van der Waals surface area contributed by atoms with Crippen molar-refractivity contribution in [2.45, 2.75) is 18.7 Å². The molecule has 2 aromatic carbocycles. The van der Waals surface area contributed by atoms with E-state index in [4.69, 9.17) is 27.9 Å². The van der Waals surface area contributed by atoms with Crippen molar-refractivity contribution in [3.05, 3.63) is 69.7 Å². The second kappa shape index (κ2) is 8.73. The first kappa shape index (κ1) is 19.0. The van der Waals surface area contributed by atoms with Crippen LogP contribution >= 0.6 is 23.2 Å². The molecule has 3 rings (SSSR count). The average molecular weight is 395 g/mol. The van der Waals surface area contributed by atoms with Gasteiger partial charge in [-0.05, 0) is 23.3 Å². The van der Waals surface area contributed by atoms with Crippen molar-refractivity contribution in [2.75, 3.05) is 19.7 Å². The van der Waals surface area contributed by atoms with Crippen LogP contribution in [0.15, 0.2) is 48.5 Å². The number of carboxylic acid groups (broad SMARTS) is 1. The number of nitrogens with zero attached hydrogens (tertiary/aromatic N) is 1. The Morgan fingerprint density at radius 2 is 1.96 bits per heavy atom. The van der Waals surface area contributed by atoms with Gasteiger partial charge >= 0.3 is 6.09 Å². The van der Waals surface area contributed by atoms with Crippen LogP contribution < -0.4 is 5.32 Å². The Kier molecular flexibility index (Phi) is 6.38. The third-order valence-corrected chi connectivity index (χ3v) is 5.13. The number of rotatable bonds is 4. The summed E-state index contributed by atoms with van der Waals surface area (Å²) in [5.74, 6) is 0. The first-order valence-electron chi connectivity index (χ1n) is 8.36. The Hall–Kier alpha value is -1.79. The van der Waals surface area contributed by atoms with Gasteiger partial charge in [-0.15, -0.1) is 0 Å². The molecular formula is C19H20Cl2N2O3. The van der Waals surface area contributed by atoms with E-state index >= 15 is 0 Å². The maximum absolute atomic E-state index is 11.5. The summed E-state index contributed by atoms with van der Waals surface area (Å²) < 4.78 is 6.00. The fourth-order valence-electron chi connectivity index (χ4n) is 3.04. The van der Waals surface area contributed by atoms with E-state index in [2.05, 4.69) is 5.32 Å². The van der Waals surface area contributed by atoms with Gasteiger partial charge in [-0.3, -0.25) is 0 Å². The summed E-state index contributed by atoms with van der Waals surface area (Å²) in [5, 5.41) is 13.8. The summed E-state index contributed by atoms with van der Waals surface area (Å²) >= 11 is 12.2. The second-order valence-corrected chi connectivity index (χ2v) is 6.98. The topological polar surface area (TPSA) is 61.8 Å². The highest BCUT2D eigenvalue weighted by Gasteiger charge is 2.31. The van der Waals surface area contributed by atoms with Crippen LogP contribution in [0, 0.1) is 0 Å². The number of benzene rings is 2. The summed E-state index contributed by atoms with van der Waals surface area (Å²) in [4.78, 5) is 12.8. The molecular weight excluding hydrogens is 375 g/mol. The highest BCUT2D eigenvalue weighted by molar-refractivity contribution is 6.42. The molecule has 1 aliphatic heterocycles. The molecule has 0 saturated carbocycles. The van der Waals surface area contributed by atoms with Gasteiger partial charge in [0.15, 0.2) is 0 Å². The number of ether oxygens (including phenoxy) is 1. The van der Waals surface area contributed by atoms with Gasteiger partial charge < -0.3 is 20.1 Å². The molecule has 1 aliphatic rings. The SMILES string of the molecule is O=C(O)N1CCO[C@@H](c2ccc(Cl)c(Cl)c2)[C@H](NCc2ccccc2)C1. The number of carbonyl (C=O) groups is 1. The van der Waals surface area contributed by atoms with Gasteiger partial charge in [0.25, 0.3) is 0 Å². The lowest BCUT2D eigenvalue weighted by Gasteiger charge is -2.28. The molecule has 1 fully saturated rings. The second-order valence-electron chi connectivity index (χ2n) is 6.17. The van der Waals surface area contributed by atoms with E-state index in [1.807, 2.05) is 36.4 Å². The molecule has 2 aromatic rings. The van der Waals surface area contributed by atoms with Crippen molar-refractivity contribution in [1.82, 2.24) is 10.2 Å². The third-order valence-electron chi connectivity index (χ3n) is 4.40. The Bertz CT molecular complexity index is 758. The van der Waals surface area contributed by atoms with Crippen LogP contribution in [0.1, 0.15) is 17.2 Å². The molecule has 7 heteroatoms. The predicted molar refractivity (Wildman–Crippen MR) is 102 cm³/mol. The summed E-state index contributed by atoms with van der Waals surface area (Å²) in [6, 6.07) is 15.1. The zero-order valence-corrected chi connectivity index (χ0v) is 15.6. The lowest BCUT2D eigenvalue weighted by atomic mass is 10.0. The van der Waals surface area contributed by atoms with Crippen LogP contribution in [0.3, 0.4) is 0 Å². The molecule has 1 heterocycles. The van der Waals surface area contributed by atoms with Crippen molar-refractivity contribution < 1.29 is 14.6 Å². The minimum absolute atomic E-state index is 0.217. The van der Waals surface area contributed by atoms with Gasteiger partial charge in [-0.2, -0.15) is 0 Å². The van der Waals surface area contributed by atoms with E-state index in [1.54, 1.807) is 12.1 Å². The molecule has 0 bridgehead atoms. The van der Waals surface area contributed by atoms with Crippen LogP contribution in [0.5, 0.6) is 0 Å². The molecule has 2 N–H and O–H groups in total. The monoisotopic (exact) mass is 394 g/mol. The van der Waals surface area contributed by atoms with Gasteiger partial charge in [-0.25, -0.2) is 4.79 Å². The average Bonchev–Trinajstić information content (AvgIpc) is 2.86. The van der Waals surface area contributed by atoms with Gasteiger partial charge in [0.1, 0.15) is 0 Å². The van der Waals surface area contributed by atoms with Gasteiger partial charge in [-0.1, -0.05) is 59.6 Å². The van der Waals surface area contributed by atoms with Crippen LogP contribution in [-0.2, 0) is 11.3 Å². The molecule has 5 nitrogen and oxygen atoms in total. The van der Waals surface area contributed by atoms with E-state index < -0.39 is 6.09 Å².